The van der Waals surface area contributed by atoms with Crippen molar-refractivity contribution >= 4 is 46.2 Å². The molecule has 0 radical (unpaired) electrons. The standard InChI is InChI=1S/C14H14ClNO2.C8H9Cl2NO/c1-17-13-8-14(12(16)7-11(13)15)18-9-10-5-3-2-4-6-10;1-4-5(9)3-6(11)8(12-2)7(4)10/h2-8H,9,16H2,1H3;3H,11H2,1-2H3. The lowest BCUT2D eigenvalue weighted by atomic mass is 10.2. The first kappa shape index (κ1) is 23.8. The second-order valence-corrected chi connectivity index (χ2v) is 7.41. The van der Waals surface area contributed by atoms with Crippen LogP contribution in [-0.4, -0.2) is 14.2 Å². The van der Waals surface area contributed by atoms with Crippen LogP contribution in [0.1, 0.15) is 11.1 Å². The molecule has 0 unspecified atom stereocenters. The van der Waals surface area contributed by atoms with Crippen LogP contribution in [0.2, 0.25) is 15.1 Å². The molecule has 4 N–H and O–H groups in total. The second kappa shape index (κ2) is 11.1. The summed E-state index contributed by atoms with van der Waals surface area (Å²) in [6.45, 7) is 2.27. The van der Waals surface area contributed by atoms with Gasteiger partial charge < -0.3 is 25.7 Å². The molecule has 5 nitrogen and oxygen atoms in total. The average molecular weight is 470 g/mol. The fourth-order valence-electron chi connectivity index (χ4n) is 2.49. The Kier molecular flexibility index (Phi) is 8.78. The Morgan fingerprint density at radius 3 is 2.03 bits per heavy atom. The van der Waals surface area contributed by atoms with Gasteiger partial charge in [0.05, 0.1) is 35.6 Å². The Morgan fingerprint density at radius 2 is 1.43 bits per heavy atom. The highest BCUT2D eigenvalue weighted by Crippen LogP contribution is 2.37. The molecule has 3 aromatic rings. The van der Waals surface area contributed by atoms with E-state index in [9.17, 15) is 0 Å². The van der Waals surface area contributed by atoms with Crippen LogP contribution in [0, 0.1) is 6.92 Å². The number of hydrogen-bond acceptors (Lipinski definition) is 5. The molecule has 0 amide bonds. The maximum absolute atomic E-state index is 5.96. The number of ether oxygens (including phenoxy) is 3. The maximum Gasteiger partial charge on any atom is 0.160 e. The van der Waals surface area contributed by atoms with Crippen LogP contribution in [0.3, 0.4) is 0 Å². The molecule has 0 saturated carbocycles. The smallest absolute Gasteiger partial charge is 0.160 e. The van der Waals surface area contributed by atoms with Crippen LogP contribution >= 0.6 is 34.8 Å². The van der Waals surface area contributed by atoms with Crippen LogP contribution < -0.4 is 25.7 Å². The molecule has 0 atom stereocenters. The highest BCUT2D eigenvalue weighted by Gasteiger charge is 2.11. The van der Waals surface area contributed by atoms with Crippen molar-refractivity contribution in [2.75, 3.05) is 25.7 Å². The van der Waals surface area contributed by atoms with Gasteiger partial charge >= 0.3 is 0 Å². The number of hydrogen-bond donors (Lipinski definition) is 2. The summed E-state index contributed by atoms with van der Waals surface area (Å²) in [5.41, 5.74) is 14.3. The number of nitrogens with two attached hydrogens (primary N) is 2. The molecular weight excluding hydrogens is 447 g/mol. The number of benzene rings is 3. The number of methoxy groups -OCH3 is 2. The largest absolute Gasteiger partial charge is 0.495 e. The summed E-state index contributed by atoms with van der Waals surface area (Å²) in [5, 5.41) is 1.50. The fraction of sp³-hybridized carbons (Fsp3) is 0.182. The molecule has 3 aromatic carbocycles. The molecule has 8 heteroatoms. The van der Waals surface area contributed by atoms with Gasteiger partial charge in [-0.05, 0) is 30.2 Å². The lowest BCUT2D eigenvalue weighted by Crippen LogP contribution is -1.99. The summed E-state index contributed by atoms with van der Waals surface area (Å²) in [5.74, 6) is 1.60. The predicted molar refractivity (Wildman–Crippen MR) is 125 cm³/mol. The van der Waals surface area contributed by atoms with E-state index in [2.05, 4.69) is 0 Å². The van der Waals surface area contributed by atoms with E-state index in [1.165, 1.54) is 7.11 Å². The molecule has 0 saturated heterocycles. The molecule has 0 bridgehead atoms. The van der Waals surface area contributed by atoms with Crippen LogP contribution in [0.5, 0.6) is 17.2 Å². The third-order valence-corrected chi connectivity index (χ3v) is 5.30. The zero-order chi connectivity index (χ0) is 22.3. The van der Waals surface area contributed by atoms with Gasteiger partial charge in [-0.3, -0.25) is 0 Å². The van der Waals surface area contributed by atoms with Gasteiger partial charge in [-0.1, -0.05) is 65.1 Å². The molecule has 160 valence electrons. The minimum Gasteiger partial charge on any atom is -0.495 e. The van der Waals surface area contributed by atoms with Gasteiger partial charge in [0.2, 0.25) is 0 Å². The molecule has 0 aliphatic carbocycles. The van der Waals surface area contributed by atoms with Crippen molar-refractivity contribution in [3.63, 3.8) is 0 Å². The number of nitrogen functional groups attached to an aromatic ring is 2. The average Bonchev–Trinajstić information content (AvgIpc) is 2.73. The molecule has 0 fully saturated rings. The summed E-state index contributed by atoms with van der Waals surface area (Å²) >= 11 is 17.7. The molecule has 0 aliphatic rings. The lowest BCUT2D eigenvalue weighted by Gasteiger charge is -2.11. The topological polar surface area (TPSA) is 79.7 Å². The van der Waals surface area contributed by atoms with Gasteiger partial charge in [-0.15, -0.1) is 0 Å². The van der Waals surface area contributed by atoms with Gasteiger partial charge in [-0.2, -0.15) is 0 Å². The van der Waals surface area contributed by atoms with E-state index in [0.29, 0.717) is 50.3 Å². The normalized spacial score (nSPS) is 10.1. The van der Waals surface area contributed by atoms with Crippen LogP contribution in [-0.2, 0) is 6.61 Å². The Morgan fingerprint density at radius 1 is 0.800 bits per heavy atom. The van der Waals surface area contributed by atoms with E-state index in [0.717, 1.165) is 11.1 Å². The monoisotopic (exact) mass is 468 g/mol. The van der Waals surface area contributed by atoms with Gasteiger partial charge in [0.1, 0.15) is 18.1 Å². The first-order valence-corrected chi connectivity index (χ1v) is 9.99. The number of anilines is 2. The van der Waals surface area contributed by atoms with Crippen molar-refractivity contribution in [1.29, 1.82) is 0 Å². The Hall–Kier alpha value is -2.47. The SMILES string of the molecule is COc1c(N)cc(Cl)c(C)c1Cl.COc1cc(OCc2ccccc2)c(N)cc1Cl. The molecule has 0 spiro atoms. The predicted octanol–water partition coefficient (Wildman–Crippen LogP) is 6.40. The molecule has 0 heterocycles. The van der Waals surface area contributed by atoms with Gasteiger partial charge in [0, 0.05) is 11.1 Å². The summed E-state index contributed by atoms with van der Waals surface area (Å²) in [7, 11) is 3.07. The zero-order valence-corrected chi connectivity index (χ0v) is 19.1. The Labute approximate surface area is 191 Å². The summed E-state index contributed by atoms with van der Waals surface area (Å²) in [6.07, 6.45) is 0. The van der Waals surface area contributed by atoms with E-state index in [1.54, 1.807) is 25.3 Å². The van der Waals surface area contributed by atoms with Crippen molar-refractivity contribution in [2.45, 2.75) is 13.5 Å². The van der Waals surface area contributed by atoms with E-state index in [-0.39, 0.29) is 0 Å². The fourth-order valence-corrected chi connectivity index (χ4v) is 3.28. The molecular formula is C22H23Cl3N2O3. The van der Waals surface area contributed by atoms with Gasteiger partial charge in [0.25, 0.3) is 0 Å². The van der Waals surface area contributed by atoms with Crippen LogP contribution in [0.25, 0.3) is 0 Å². The molecule has 3 rings (SSSR count). The van der Waals surface area contributed by atoms with E-state index in [4.69, 9.17) is 60.5 Å². The third-order valence-electron chi connectivity index (χ3n) is 4.16. The minimum atomic E-state index is 0.454. The van der Waals surface area contributed by atoms with Gasteiger partial charge in [-0.25, -0.2) is 0 Å². The summed E-state index contributed by atoms with van der Waals surface area (Å²) in [4.78, 5) is 0. The zero-order valence-electron chi connectivity index (χ0n) is 16.8. The van der Waals surface area contributed by atoms with Crippen molar-refractivity contribution in [1.82, 2.24) is 0 Å². The van der Waals surface area contributed by atoms with Crippen molar-refractivity contribution in [2.24, 2.45) is 0 Å². The number of halogens is 3. The van der Waals surface area contributed by atoms with Crippen molar-refractivity contribution in [3.05, 3.63) is 74.7 Å². The van der Waals surface area contributed by atoms with E-state index < -0.39 is 0 Å². The number of rotatable bonds is 5. The van der Waals surface area contributed by atoms with Crippen molar-refractivity contribution in [3.8, 4) is 17.2 Å². The van der Waals surface area contributed by atoms with Crippen molar-refractivity contribution < 1.29 is 14.2 Å². The van der Waals surface area contributed by atoms with E-state index >= 15 is 0 Å². The molecule has 30 heavy (non-hydrogen) atoms. The van der Waals surface area contributed by atoms with E-state index in [1.807, 2.05) is 37.3 Å². The quantitative estimate of drug-likeness (QED) is 0.422. The van der Waals surface area contributed by atoms with Gasteiger partial charge in [0.15, 0.2) is 5.75 Å². The Bertz CT molecular complexity index is 999. The first-order chi connectivity index (χ1) is 14.3. The summed E-state index contributed by atoms with van der Waals surface area (Å²) < 4.78 is 15.8. The van der Waals surface area contributed by atoms with Crippen LogP contribution in [0.4, 0.5) is 11.4 Å². The lowest BCUT2D eigenvalue weighted by molar-refractivity contribution is 0.305. The maximum atomic E-state index is 5.96. The minimum absolute atomic E-state index is 0.454. The third kappa shape index (κ3) is 6.02. The highest BCUT2D eigenvalue weighted by molar-refractivity contribution is 6.37. The Balaban J connectivity index is 0.000000232. The highest BCUT2D eigenvalue weighted by atomic mass is 35.5. The second-order valence-electron chi connectivity index (χ2n) is 6.22. The molecule has 0 aliphatic heterocycles. The van der Waals surface area contributed by atoms with Crippen LogP contribution in [0.15, 0.2) is 48.5 Å². The first-order valence-electron chi connectivity index (χ1n) is 8.86. The molecule has 0 aromatic heterocycles. The summed E-state index contributed by atoms with van der Waals surface area (Å²) in [6, 6.07) is 14.8.